The van der Waals surface area contributed by atoms with E-state index in [1.807, 2.05) is 39.3 Å². The molecule has 0 unspecified atom stereocenters. The fourth-order valence-electron chi connectivity index (χ4n) is 2.28. The van der Waals surface area contributed by atoms with E-state index in [9.17, 15) is 0 Å². The molecule has 0 amide bonds. The molecule has 0 bridgehead atoms. The Labute approximate surface area is 150 Å². The molecule has 3 aromatic heterocycles. The van der Waals surface area contributed by atoms with Crippen molar-refractivity contribution in [1.82, 2.24) is 24.8 Å². The minimum atomic E-state index is 0.357. The molecule has 0 atom stereocenters. The lowest BCUT2D eigenvalue weighted by Gasteiger charge is -2.09. The van der Waals surface area contributed by atoms with Gasteiger partial charge in [-0.1, -0.05) is 17.4 Å². The van der Waals surface area contributed by atoms with E-state index in [2.05, 4.69) is 36.2 Å². The Morgan fingerprint density at radius 3 is 2.68 bits per heavy atom. The molecule has 0 spiro atoms. The van der Waals surface area contributed by atoms with Gasteiger partial charge in [-0.3, -0.25) is 0 Å². The molecule has 3 aromatic rings. The van der Waals surface area contributed by atoms with Gasteiger partial charge in [0.25, 0.3) is 0 Å². The van der Waals surface area contributed by atoms with E-state index in [1.54, 1.807) is 13.3 Å². The van der Waals surface area contributed by atoms with Gasteiger partial charge in [-0.2, -0.15) is 4.98 Å². The highest BCUT2D eigenvalue weighted by Gasteiger charge is 2.10. The average molecular weight is 356 g/mol. The second kappa shape index (κ2) is 7.54. The Kier molecular flexibility index (Phi) is 5.20. The van der Waals surface area contributed by atoms with Crippen molar-refractivity contribution >= 4 is 22.3 Å². The Morgan fingerprint density at radius 1 is 1.16 bits per heavy atom. The van der Waals surface area contributed by atoms with E-state index in [-0.39, 0.29) is 0 Å². The minimum Gasteiger partial charge on any atom is -0.467 e. The molecule has 0 radical (unpaired) electrons. The number of aromatic nitrogens is 4. The third-order valence-electron chi connectivity index (χ3n) is 3.33. The van der Waals surface area contributed by atoms with Crippen LogP contribution in [0.4, 0.5) is 10.9 Å². The minimum absolute atomic E-state index is 0.357. The van der Waals surface area contributed by atoms with E-state index in [1.165, 1.54) is 16.9 Å². The molecule has 8 heteroatoms. The summed E-state index contributed by atoms with van der Waals surface area (Å²) in [7, 11) is 5.63. The highest BCUT2D eigenvalue weighted by atomic mass is 32.1. The maximum atomic E-state index is 5.13. The SMILES string of the molecule is COc1nc(C)cc(-c2cnc(Nc3ccc(CN(C)C)cn3)s2)n1. The van der Waals surface area contributed by atoms with Crippen molar-refractivity contribution in [2.45, 2.75) is 13.5 Å². The Morgan fingerprint density at radius 2 is 2.00 bits per heavy atom. The van der Waals surface area contributed by atoms with Gasteiger partial charge in [0.05, 0.1) is 17.7 Å². The summed E-state index contributed by atoms with van der Waals surface area (Å²) in [5, 5.41) is 3.99. The summed E-state index contributed by atoms with van der Waals surface area (Å²) in [5.41, 5.74) is 2.81. The zero-order valence-electron chi connectivity index (χ0n) is 14.6. The lowest BCUT2D eigenvalue weighted by molar-refractivity contribution is 0.379. The van der Waals surface area contributed by atoms with Crippen LogP contribution in [0.15, 0.2) is 30.6 Å². The molecule has 1 N–H and O–H groups in total. The van der Waals surface area contributed by atoms with Crippen LogP contribution in [0.3, 0.4) is 0 Å². The molecule has 0 saturated heterocycles. The largest absolute Gasteiger partial charge is 0.467 e. The first kappa shape index (κ1) is 17.2. The summed E-state index contributed by atoms with van der Waals surface area (Å²) in [6.07, 6.45) is 3.66. The molecule has 0 aliphatic heterocycles. The summed E-state index contributed by atoms with van der Waals surface area (Å²) < 4.78 is 5.13. The topological polar surface area (TPSA) is 76.1 Å². The van der Waals surface area contributed by atoms with Crippen molar-refractivity contribution in [3.63, 3.8) is 0 Å². The zero-order valence-corrected chi connectivity index (χ0v) is 15.5. The smallest absolute Gasteiger partial charge is 0.316 e. The zero-order chi connectivity index (χ0) is 17.8. The third-order valence-corrected chi connectivity index (χ3v) is 4.27. The first-order valence-corrected chi connectivity index (χ1v) is 8.57. The summed E-state index contributed by atoms with van der Waals surface area (Å²) >= 11 is 1.51. The predicted molar refractivity (Wildman–Crippen MR) is 99.3 cm³/mol. The van der Waals surface area contributed by atoms with E-state index in [0.717, 1.165) is 33.8 Å². The summed E-state index contributed by atoms with van der Waals surface area (Å²) in [4.78, 5) is 20.5. The second-order valence-corrected chi connectivity index (χ2v) is 6.86. The van der Waals surface area contributed by atoms with Crippen molar-refractivity contribution in [3.8, 4) is 16.6 Å². The molecule has 0 saturated carbocycles. The van der Waals surface area contributed by atoms with Gasteiger partial charge >= 0.3 is 6.01 Å². The monoisotopic (exact) mass is 356 g/mol. The first-order valence-electron chi connectivity index (χ1n) is 7.76. The van der Waals surface area contributed by atoms with E-state index < -0.39 is 0 Å². The van der Waals surface area contributed by atoms with E-state index in [4.69, 9.17) is 4.74 Å². The molecule has 7 nitrogen and oxygen atoms in total. The number of aryl methyl sites for hydroxylation is 1. The van der Waals surface area contributed by atoms with Crippen molar-refractivity contribution in [2.75, 3.05) is 26.5 Å². The maximum Gasteiger partial charge on any atom is 0.316 e. The summed E-state index contributed by atoms with van der Waals surface area (Å²) in [6.45, 7) is 2.77. The Bertz CT molecular complexity index is 847. The normalized spacial score (nSPS) is 10.9. The third kappa shape index (κ3) is 4.49. The van der Waals surface area contributed by atoms with Crippen LogP contribution in [0, 0.1) is 6.92 Å². The molecule has 25 heavy (non-hydrogen) atoms. The number of methoxy groups -OCH3 is 1. The van der Waals surface area contributed by atoms with Gasteiger partial charge < -0.3 is 15.0 Å². The lowest BCUT2D eigenvalue weighted by Crippen LogP contribution is -2.10. The number of ether oxygens (including phenoxy) is 1. The second-order valence-electron chi connectivity index (χ2n) is 5.83. The molecular formula is C17H20N6OS. The number of nitrogens with zero attached hydrogens (tertiary/aromatic N) is 5. The van der Waals surface area contributed by atoms with Gasteiger partial charge in [0.2, 0.25) is 0 Å². The van der Waals surface area contributed by atoms with Crippen molar-refractivity contribution < 1.29 is 4.74 Å². The maximum absolute atomic E-state index is 5.13. The molecule has 0 aromatic carbocycles. The number of nitrogens with one attached hydrogen (secondary N) is 1. The Balaban J connectivity index is 1.74. The van der Waals surface area contributed by atoms with Crippen LogP contribution < -0.4 is 10.1 Å². The summed E-state index contributed by atoms with van der Waals surface area (Å²) in [5.74, 6) is 0.764. The van der Waals surface area contributed by atoms with Gasteiger partial charge in [0.15, 0.2) is 5.13 Å². The van der Waals surface area contributed by atoms with Crippen LogP contribution in [-0.4, -0.2) is 46.0 Å². The van der Waals surface area contributed by atoms with Gasteiger partial charge in [-0.15, -0.1) is 0 Å². The van der Waals surface area contributed by atoms with E-state index in [0.29, 0.717) is 6.01 Å². The van der Waals surface area contributed by atoms with Crippen LogP contribution in [0.5, 0.6) is 6.01 Å². The lowest BCUT2D eigenvalue weighted by atomic mass is 10.3. The predicted octanol–water partition coefficient (Wildman–Crippen LogP) is 3.12. The average Bonchev–Trinajstić information content (AvgIpc) is 3.04. The highest BCUT2D eigenvalue weighted by molar-refractivity contribution is 7.18. The fourth-order valence-corrected chi connectivity index (χ4v) is 3.06. The standard InChI is InChI=1S/C17H20N6OS/c1-11-7-13(21-16(20-11)24-4)14-9-19-17(25-14)22-15-6-5-12(8-18-15)10-23(2)3/h5-9H,10H2,1-4H3,(H,18,19,22). The molecule has 0 fully saturated rings. The van der Waals surface area contributed by atoms with Crippen LogP contribution in [-0.2, 0) is 6.54 Å². The van der Waals surface area contributed by atoms with Crippen LogP contribution in [0.25, 0.3) is 10.6 Å². The number of hydrogen-bond acceptors (Lipinski definition) is 8. The quantitative estimate of drug-likeness (QED) is 0.727. The van der Waals surface area contributed by atoms with Gasteiger partial charge in [-0.25, -0.2) is 15.0 Å². The van der Waals surface area contributed by atoms with Crippen LogP contribution in [0.2, 0.25) is 0 Å². The number of thiazole rings is 1. The number of anilines is 2. The molecule has 3 rings (SSSR count). The fraction of sp³-hybridized carbons (Fsp3) is 0.294. The van der Waals surface area contributed by atoms with Crippen molar-refractivity contribution in [1.29, 1.82) is 0 Å². The summed E-state index contributed by atoms with van der Waals surface area (Å²) in [6, 6.07) is 6.28. The van der Waals surface area contributed by atoms with Gasteiger partial charge in [0, 0.05) is 24.6 Å². The molecule has 0 aliphatic carbocycles. The number of hydrogen-bond donors (Lipinski definition) is 1. The molecule has 3 heterocycles. The number of rotatable bonds is 6. The molecule has 130 valence electrons. The molecule has 0 aliphatic rings. The van der Waals surface area contributed by atoms with E-state index >= 15 is 0 Å². The first-order chi connectivity index (χ1) is 12.0. The molecular weight excluding hydrogens is 336 g/mol. The van der Waals surface area contributed by atoms with Crippen LogP contribution >= 0.6 is 11.3 Å². The van der Waals surface area contributed by atoms with Gasteiger partial charge in [0.1, 0.15) is 5.82 Å². The highest BCUT2D eigenvalue weighted by Crippen LogP contribution is 2.30. The van der Waals surface area contributed by atoms with Crippen molar-refractivity contribution in [3.05, 3.63) is 41.9 Å². The Hall–Kier alpha value is -2.58. The van der Waals surface area contributed by atoms with Crippen molar-refractivity contribution in [2.24, 2.45) is 0 Å². The van der Waals surface area contributed by atoms with Gasteiger partial charge in [-0.05, 0) is 38.7 Å². The number of pyridine rings is 1. The van der Waals surface area contributed by atoms with Crippen LogP contribution in [0.1, 0.15) is 11.3 Å².